The van der Waals surface area contributed by atoms with Crippen LogP contribution < -0.4 is 10.1 Å². The second-order valence-electron chi connectivity index (χ2n) is 14.3. The second-order valence-corrected chi connectivity index (χ2v) is 15.6. The number of hydrogen-bond acceptors (Lipinski definition) is 8. The van der Waals surface area contributed by atoms with Gasteiger partial charge in [-0.3, -0.25) is 14.5 Å². The number of fused-ring (bicyclic) bond motifs is 5. The van der Waals surface area contributed by atoms with Gasteiger partial charge in [0.25, 0.3) is 0 Å². The maximum absolute atomic E-state index is 12.9. The number of ether oxygens (including phenoxy) is 1. The van der Waals surface area contributed by atoms with E-state index in [-0.39, 0.29) is 29.3 Å². The van der Waals surface area contributed by atoms with Crippen LogP contribution in [0.15, 0.2) is 23.5 Å². The molecule has 1 aromatic carbocycles. The van der Waals surface area contributed by atoms with E-state index in [1.807, 2.05) is 25.9 Å². The van der Waals surface area contributed by atoms with Gasteiger partial charge in [-0.1, -0.05) is 38.9 Å². The van der Waals surface area contributed by atoms with Crippen molar-refractivity contribution in [2.45, 2.75) is 90.9 Å². The summed E-state index contributed by atoms with van der Waals surface area (Å²) < 4.78 is 5.97. The van der Waals surface area contributed by atoms with Crippen LogP contribution in [0.3, 0.4) is 0 Å². The second kappa shape index (κ2) is 12.3. The summed E-state index contributed by atoms with van der Waals surface area (Å²) in [6, 6.07) is 4.51. The summed E-state index contributed by atoms with van der Waals surface area (Å²) >= 11 is 1.51. The molecule has 0 saturated heterocycles. The van der Waals surface area contributed by atoms with Crippen LogP contribution in [0.5, 0.6) is 5.75 Å². The number of carbonyl (C=O) groups excluding carboxylic acids is 2. The van der Waals surface area contributed by atoms with Gasteiger partial charge in [-0.25, -0.2) is 4.98 Å². The average Bonchev–Trinajstić information content (AvgIpc) is 3.45. The number of nitrogens with one attached hydrogen (secondary N) is 1. The van der Waals surface area contributed by atoms with Crippen LogP contribution in [0.4, 0.5) is 5.13 Å². The van der Waals surface area contributed by atoms with Crippen molar-refractivity contribution in [3.63, 3.8) is 0 Å². The Labute approximate surface area is 260 Å². The fraction of sp³-hybridized carbons (Fsp3) is 0.647. The van der Waals surface area contributed by atoms with E-state index in [1.54, 1.807) is 13.3 Å². The number of oxime groups is 1. The third kappa shape index (κ3) is 6.53. The Hall–Kier alpha value is -2.78. The lowest BCUT2D eigenvalue weighted by molar-refractivity contribution is -0.135. The topological polar surface area (TPSA) is 93.1 Å². The standard InChI is InChI=1S/C34H48N4O4S/c1-20-18-35-32(43-20)36-29(39)12-10-22-16-28(37-41-8)34(5)14-13-23-24(31(22)34)11-9-21-15-27(42-30(40)19-38(6)7)26(17-25(21)23)33(2,3)4/h15,17-18,22-24,31H,9-14,16,19H2,1-8H3,(H,35,36,39)/b37-28+/t22?,23?,24?,31?,34-/m1/s1. The Morgan fingerprint density at radius 1 is 1.23 bits per heavy atom. The highest BCUT2D eigenvalue weighted by Gasteiger charge is 2.57. The number of aryl methyl sites for hydroxylation is 2. The van der Waals surface area contributed by atoms with E-state index in [2.05, 4.69) is 55.3 Å². The number of nitrogens with zero attached hydrogens (tertiary/aromatic N) is 3. The van der Waals surface area contributed by atoms with Crippen LogP contribution in [0.2, 0.25) is 0 Å². The molecule has 1 heterocycles. The first-order chi connectivity index (χ1) is 20.3. The van der Waals surface area contributed by atoms with Crippen molar-refractivity contribution in [1.82, 2.24) is 9.88 Å². The molecule has 1 N–H and O–H groups in total. The molecule has 2 aromatic rings. The Morgan fingerprint density at radius 2 is 2.00 bits per heavy atom. The van der Waals surface area contributed by atoms with E-state index < -0.39 is 0 Å². The van der Waals surface area contributed by atoms with Crippen LogP contribution in [-0.2, 0) is 26.3 Å². The van der Waals surface area contributed by atoms with Gasteiger partial charge < -0.3 is 14.9 Å². The Balaban J connectivity index is 1.42. The molecule has 4 unspecified atom stereocenters. The summed E-state index contributed by atoms with van der Waals surface area (Å²) in [5, 5.41) is 8.24. The highest BCUT2D eigenvalue weighted by molar-refractivity contribution is 7.15. The number of aromatic nitrogens is 1. The molecule has 3 aliphatic rings. The largest absolute Gasteiger partial charge is 0.425 e. The molecule has 234 valence electrons. The summed E-state index contributed by atoms with van der Waals surface area (Å²) in [7, 11) is 5.40. The van der Waals surface area contributed by atoms with E-state index in [0.29, 0.717) is 41.0 Å². The van der Waals surface area contributed by atoms with Gasteiger partial charge in [0.15, 0.2) is 5.13 Å². The summed E-state index contributed by atoms with van der Waals surface area (Å²) in [5.74, 6) is 2.23. The molecule has 1 amide bonds. The molecule has 0 spiro atoms. The normalized spacial score (nSPS) is 27.4. The van der Waals surface area contributed by atoms with Crippen molar-refractivity contribution in [3.05, 3.63) is 39.9 Å². The first-order valence-corrected chi connectivity index (χ1v) is 16.5. The van der Waals surface area contributed by atoms with E-state index in [1.165, 1.54) is 22.5 Å². The van der Waals surface area contributed by atoms with Gasteiger partial charge in [0.1, 0.15) is 12.9 Å². The molecule has 0 radical (unpaired) electrons. The first kappa shape index (κ1) is 31.6. The lowest BCUT2D eigenvalue weighted by Crippen LogP contribution is -2.44. The number of carbonyl (C=O) groups is 2. The Morgan fingerprint density at radius 3 is 2.65 bits per heavy atom. The molecule has 43 heavy (non-hydrogen) atoms. The fourth-order valence-electron chi connectivity index (χ4n) is 8.19. The van der Waals surface area contributed by atoms with Gasteiger partial charge in [0.2, 0.25) is 5.91 Å². The number of benzene rings is 1. The van der Waals surface area contributed by atoms with Gasteiger partial charge in [0, 0.05) is 28.5 Å². The number of rotatable bonds is 8. The zero-order valence-electron chi connectivity index (χ0n) is 27.1. The summed E-state index contributed by atoms with van der Waals surface area (Å²) in [6.45, 7) is 11.2. The molecule has 3 aliphatic carbocycles. The quantitative estimate of drug-likeness (QED) is 0.203. The molecule has 2 saturated carbocycles. The minimum absolute atomic E-state index is 0.0284. The predicted octanol–water partition coefficient (Wildman–Crippen LogP) is 6.72. The average molecular weight is 609 g/mol. The molecular weight excluding hydrogens is 560 g/mol. The molecule has 8 nitrogen and oxygen atoms in total. The smallest absolute Gasteiger partial charge is 0.325 e. The van der Waals surface area contributed by atoms with Crippen molar-refractivity contribution in [1.29, 1.82) is 0 Å². The maximum atomic E-state index is 12.9. The van der Waals surface area contributed by atoms with Gasteiger partial charge in [-0.15, -0.1) is 11.3 Å². The lowest BCUT2D eigenvalue weighted by atomic mass is 9.53. The highest BCUT2D eigenvalue weighted by Crippen LogP contribution is 2.63. The zero-order chi connectivity index (χ0) is 31.1. The van der Waals surface area contributed by atoms with E-state index >= 15 is 0 Å². The van der Waals surface area contributed by atoms with Gasteiger partial charge >= 0.3 is 5.97 Å². The molecule has 0 bridgehead atoms. The molecular formula is C34H48N4O4S. The number of thiazole rings is 1. The van der Waals surface area contributed by atoms with Gasteiger partial charge in [-0.05, 0) is 106 Å². The van der Waals surface area contributed by atoms with E-state index in [0.717, 1.165) is 54.7 Å². The SMILES string of the molecule is CO/N=C1\CC(CCC(=O)Nc2ncc(C)s2)C2C3CCc4cc(OC(=O)CN(C)C)c(C(C)(C)C)cc4C3CC[C@]12C. The van der Waals surface area contributed by atoms with E-state index in [4.69, 9.17) is 9.57 Å². The Bertz CT molecular complexity index is 1390. The molecule has 5 rings (SSSR count). The molecule has 0 aliphatic heterocycles. The van der Waals surface area contributed by atoms with Gasteiger partial charge in [0.05, 0.1) is 12.3 Å². The van der Waals surface area contributed by atoms with Crippen molar-refractivity contribution < 1.29 is 19.2 Å². The van der Waals surface area contributed by atoms with Crippen LogP contribution >= 0.6 is 11.3 Å². The molecule has 5 atom stereocenters. The number of anilines is 1. The van der Waals surface area contributed by atoms with Crippen LogP contribution in [0, 0.1) is 30.1 Å². The maximum Gasteiger partial charge on any atom is 0.325 e. The fourth-order valence-corrected chi connectivity index (χ4v) is 8.87. The van der Waals surface area contributed by atoms with Crippen molar-refractivity contribution in [3.8, 4) is 5.75 Å². The van der Waals surface area contributed by atoms with Crippen molar-refractivity contribution in [2.75, 3.05) is 33.1 Å². The number of hydrogen-bond donors (Lipinski definition) is 1. The lowest BCUT2D eigenvalue weighted by Gasteiger charge is -2.50. The summed E-state index contributed by atoms with van der Waals surface area (Å²) in [4.78, 5) is 38.2. The molecule has 9 heteroatoms. The minimum atomic E-state index is -0.231. The number of esters is 1. The Kier molecular flexibility index (Phi) is 9.06. The highest BCUT2D eigenvalue weighted by atomic mass is 32.1. The minimum Gasteiger partial charge on any atom is -0.425 e. The van der Waals surface area contributed by atoms with E-state index in [9.17, 15) is 9.59 Å². The van der Waals surface area contributed by atoms with Crippen LogP contribution in [-0.4, -0.2) is 55.2 Å². The first-order valence-electron chi connectivity index (χ1n) is 15.7. The third-order valence-electron chi connectivity index (χ3n) is 9.99. The zero-order valence-corrected chi connectivity index (χ0v) is 27.9. The van der Waals surface area contributed by atoms with Crippen LogP contribution in [0.25, 0.3) is 0 Å². The summed E-state index contributed by atoms with van der Waals surface area (Å²) in [6.07, 6.45) is 8.14. The number of likely N-dealkylation sites (N-methyl/N-ethyl adjacent to an activating group) is 1. The van der Waals surface area contributed by atoms with Crippen LogP contribution in [0.1, 0.15) is 93.7 Å². The monoisotopic (exact) mass is 608 g/mol. The third-order valence-corrected chi connectivity index (χ3v) is 10.8. The van der Waals surface area contributed by atoms with Crippen molar-refractivity contribution >= 4 is 34.1 Å². The summed E-state index contributed by atoms with van der Waals surface area (Å²) in [5.41, 5.74) is 4.77. The predicted molar refractivity (Wildman–Crippen MR) is 172 cm³/mol. The molecule has 2 fully saturated rings. The molecule has 1 aromatic heterocycles. The van der Waals surface area contributed by atoms with Gasteiger partial charge in [-0.2, -0.15) is 0 Å². The van der Waals surface area contributed by atoms with Crippen molar-refractivity contribution in [2.24, 2.45) is 28.3 Å². The number of amides is 1.